The molecule has 0 spiro atoms. The second kappa shape index (κ2) is 19.8. The average Bonchev–Trinajstić information content (AvgIpc) is 3.79. The normalized spacial score (nSPS) is 19.8. The van der Waals surface area contributed by atoms with Crippen LogP contribution in [0, 0.1) is 5.82 Å². The van der Waals surface area contributed by atoms with Crippen molar-refractivity contribution >= 4 is 56.8 Å². The van der Waals surface area contributed by atoms with Crippen molar-refractivity contribution in [2.45, 2.75) is 82.6 Å². The smallest absolute Gasteiger partial charge is 0.290 e. The fraction of sp³-hybridized carbons (Fsp3) is 0.396. The highest BCUT2D eigenvalue weighted by Crippen LogP contribution is 2.37. The number of nitrogens with zero attached hydrogens (tertiary/aromatic N) is 12. The molecule has 9 heterocycles. The average molecular weight is 1010 g/mol. The molecule has 3 N–H and O–H groups in total. The van der Waals surface area contributed by atoms with Gasteiger partial charge in [0.1, 0.15) is 28.8 Å². The van der Waals surface area contributed by atoms with Crippen molar-refractivity contribution < 1.29 is 9.50 Å². The maximum absolute atomic E-state index is 15.4. The summed E-state index contributed by atoms with van der Waals surface area (Å²) in [6.45, 7) is 9.71. The zero-order chi connectivity index (χ0) is 51.5. The molecule has 5 aromatic heterocycles. The zero-order valence-corrected chi connectivity index (χ0v) is 42.8. The summed E-state index contributed by atoms with van der Waals surface area (Å²) < 4.78 is 18.9. The summed E-state index contributed by atoms with van der Waals surface area (Å²) in [5.41, 5.74) is 3.50. The number of hydrogen-bond donors (Lipinski definition) is 3. The van der Waals surface area contributed by atoms with E-state index < -0.39 is 18.0 Å². The largest absolute Gasteiger partial charge is 0.392 e. The Hall–Kier alpha value is -7.06. The number of hydrogen-bond acceptors (Lipinski definition) is 15. The van der Waals surface area contributed by atoms with E-state index in [9.17, 15) is 19.5 Å². The summed E-state index contributed by atoms with van der Waals surface area (Å²) in [5, 5.41) is 30.1. The third-order valence-corrected chi connectivity index (χ3v) is 14.7. The molecule has 20 heteroatoms. The molecule has 0 saturated carbocycles. The van der Waals surface area contributed by atoms with Gasteiger partial charge in [0.15, 0.2) is 5.15 Å². The Morgan fingerprint density at radius 1 is 0.685 bits per heavy atom. The van der Waals surface area contributed by atoms with Crippen LogP contribution in [0.5, 0.6) is 0 Å². The first-order valence-corrected chi connectivity index (χ1v) is 25.0. The van der Waals surface area contributed by atoms with Gasteiger partial charge in [-0.2, -0.15) is 20.0 Å². The van der Waals surface area contributed by atoms with Crippen molar-refractivity contribution in [2.24, 2.45) is 14.1 Å². The van der Waals surface area contributed by atoms with Gasteiger partial charge in [-0.3, -0.25) is 14.4 Å². The van der Waals surface area contributed by atoms with Gasteiger partial charge in [-0.15, -0.1) is 0 Å². The molecule has 11 rings (SSSR count). The van der Waals surface area contributed by atoms with Gasteiger partial charge in [-0.1, -0.05) is 44.5 Å². The van der Waals surface area contributed by atoms with E-state index in [1.165, 1.54) is 53.4 Å². The number of rotatable bonds is 9. The molecule has 4 aliphatic rings. The fourth-order valence-corrected chi connectivity index (χ4v) is 11.3. The Morgan fingerprint density at radius 2 is 1.22 bits per heavy atom. The molecule has 380 valence electrons. The number of pyridine rings is 2. The summed E-state index contributed by atoms with van der Waals surface area (Å²) in [4.78, 5) is 57.8. The van der Waals surface area contributed by atoms with Crippen LogP contribution < -0.4 is 37.1 Å². The van der Waals surface area contributed by atoms with Gasteiger partial charge in [0.05, 0.1) is 53.3 Å². The number of halogens is 2. The SMILES string of the molecule is CN1CC2CCC(C1)N2c1ccc(Nc2cc(-c3cccc(-n4ncc5cc(C(C)(C)C)cc(F)c5c4=O)c3CO)nn(C)c2=O)nc1.CN1CC2CCC(C1)N2c1ccc(Nc2cc(Cl)nn(C)c2=O)nc1. The number of likely N-dealkylation sites (tertiary alicyclic amines) is 2. The minimum Gasteiger partial charge on any atom is -0.392 e. The molecule has 4 atom stereocenters. The number of anilines is 6. The van der Waals surface area contributed by atoms with Crippen LogP contribution in [0.25, 0.3) is 27.7 Å². The maximum atomic E-state index is 15.4. The van der Waals surface area contributed by atoms with E-state index >= 15 is 4.39 Å². The van der Waals surface area contributed by atoms with E-state index in [0.717, 1.165) is 47.8 Å². The molecular formula is C53H60ClFN14O4. The zero-order valence-electron chi connectivity index (χ0n) is 42.1. The number of aryl methyl sites for hydroxylation is 2. The molecule has 0 aliphatic carbocycles. The number of aromatic nitrogens is 8. The molecule has 0 amide bonds. The molecule has 4 unspecified atom stereocenters. The topological polar surface area (TPSA) is 188 Å². The summed E-state index contributed by atoms with van der Waals surface area (Å²) >= 11 is 5.92. The number of nitrogens with one attached hydrogen (secondary N) is 2. The van der Waals surface area contributed by atoms with E-state index in [0.29, 0.717) is 63.7 Å². The van der Waals surface area contributed by atoms with Crippen molar-refractivity contribution in [3.63, 3.8) is 0 Å². The Morgan fingerprint density at radius 3 is 1.73 bits per heavy atom. The summed E-state index contributed by atoms with van der Waals surface area (Å²) in [6, 6.07) is 21.3. The minimum absolute atomic E-state index is 0.0854. The molecule has 2 aromatic carbocycles. The van der Waals surface area contributed by atoms with Crippen molar-refractivity contribution in [3.8, 4) is 16.9 Å². The number of aliphatic hydroxyl groups is 1. The summed E-state index contributed by atoms with van der Waals surface area (Å²) in [5.74, 6) is 0.493. The predicted molar refractivity (Wildman–Crippen MR) is 283 cm³/mol. The Bertz CT molecular complexity index is 3370. The van der Waals surface area contributed by atoms with Gasteiger partial charge >= 0.3 is 0 Å². The second-order valence-corrected chi connectivity index (χ2v) is 21.1. The van der Waals surface area contributed by atoms with E-state index in [4.69, 9.17) is 11.6 Å². The Kier molecular flexibility index (Phi) is 13.4. The highest BCUT2D eigenvalue weighted by Gasteiger charge is 2.40. The highest BCUT2D eigenvalue weighted by molar-refractivity contribution is 6.29. The standard InChI is InChI=1S/C36H39FN8O3.C17H21ClN6O/c1-36(2,3)22-13-21-16-39-45(35(48)33(21)28(37)14-22)31-8-6-7-26(27(31)20-46)29-15-30(34(47)43(5)41-29)40-32-12-11-23(17-38-32)44-24-9-10-25(44)19-42(4)18-24;1-22-9-12-3-4-13(10-22)24(12)11-5-6-16(19-8-11)20-14-7-15(18)21-23(2)17(14)25/h6-8,11-17,24-25,46H,9-10,18-20H2,1-5H3,(H,38,40);5-8,12-13H,3-4,9-10H2,1-2H3,(H,19,20). The maximum Gasteiger partial charge on any atom is 0.290 e. The van der Waals surface area contributed by atoms with Crippen molar-refractivity contribution in [1.29, 1.82) is 0 Å². The molecule has 4 aliphatic heterocycles. The van der Waals surface area contributed by atoms with Gasteiger partial charge in [0, 0.05) is 87.0 Å². The number of fused-ring (bicyclic) bond motifs is 5. The lowest BCUT2D eigenvalue weighted by atomic mass is 9.86. The van der Waals surface area contributed by atoms with E-state index in [1.54, 1.807) is 44.4 Å². The van der Waals surface area contributed by atoms with Crippen LogP contribution in [0.2, 0.25) is 5.15 Å². The molecule has 18 nitrogen and oxygen atoms in total. The second-order valence-electron chi connectivity index (χ2n) is 20.8. The lowest BCUT2D eigenvalue weighted by Crippen LogP contribution is -2.52. The molecule has 4 fully saturated rings. The molecule has 73 heavy (non-hydrogen) atoms. The van der Waals surface area contributed by atoms with Crippen LogP contribution in [-0.2, 0) is 26.1 Å². The molecule has 4 saturated heterocycles. The van der Waals surface area contributed by atoms with Gasteiger partial charge in [0.2, 0.25) is 0 Å². The van der Waals surface area contributed by atoms with Gasteiger partial charge in [0.25, 0.3) is 16.7 Å². The van der Waals surface area contributed by atoms with Crippen LogP contribution in [0.15, 0.2) is 99.7 Å². The molecular weight excluding hydrogens is 951 g/mol. The van der Waals surface area contributed by atoms with E-state index in [1.807, 2.05) is 51.4 Å². The van der Waals surface area contributed by atoms with Crippen LogP contribution >= 0.6 is 11.6 Å². The van der Waals surface area contributed by atoms with Gasteiger partial charge in [-0.25, -0.2) is 23.7 Å². The number of likely N-dealkylation sites (N-methyl/N-ethyl adjacent to an activating group) is 2. The summed E-state index contributed by atoms with van der Waals surface area (Å²) in [6.07, 6.45) is 10.0. The number of benzene rings is 2. The van der Waals surface area contributed by atoms with Crippen LogP contribution in [0.1, 0.15) is 57.6 Å². The number of aliphatic hydroxyl groups excluding tert-OH is 1. The quantitative estimate of drug-likeness (QED) is 0.145. The van der Waals surface area contributed by atoms with Crippen LogP contribution in [-0.4, -0.2) is 119 Å². The van der Waals surface area contributed by atoms with Crippen molar-refractivity contribution in [1.82, 2.24) is 49.1 Å². The van der Waals surface area contributed by atoms with Gasteiger partial charge < -0.3 is 35.3 Å². The van der Waals surface area contributed by atoms with E-state index in [-0.39, 0.29) is 38.4 Å². The van der Waals surface area contributed by atoms with Crippen molar-refractivity contribution in [3.05, 3.63) is 138 Å². The third-order valence-electron chi connectivity index (χ3n) is 14.6. The van der Waals surface area contributed by atoms with Crippen LogP contribution in [0.4, 0.5) is 38.8 Å². The molecule has 7 aromatic rings. The first-order valence-electron chi connectivity index (χ1n) is 24.6. The first-order chi connectivity index (χ1) is 34.9. The lowest BCUT2D eigenvalue weighted by Gasteiger charge is -2.41. The summed E-state index contributed by atoms with van der Waals surface area (Å²) in [7, 11) is 7.47. The third kappa shape index (κ3) is 9.81. The van der Waals surface area contributed by atoms with E-state index in [2.05, 4.69) is 75.7 Å². The lowest BCUT2D eigenvalue weighted by molar-refractivity contribution is 0.264. The highest BCUT2D eigenvalue weighted by atomic mass is 35.5. The fourth-order valence-electron chi connectivity index (χ4n) is 11.1. The van der Waals surface area contributed by atoms with Gasteiger partial charge in [-0.05, 0) is 99.3 Å². The molecule has 0 radical (unpaired) electrons. The molecule has 4 bridgehead atoms. The number of piperazine rings is 2. The van der Waals surface area contributed by atoms with Crippen LogP contribution in [0.3, 0.4) is 0 Å². The Balaban J connectivity index is 0.000000205. The monoisotopic (exact) mass is 1010 g/mol. The Labute approximate surface area is 426 Å². The predicted octanol–water partition coefficient (Wildman–Crippen LogP) is 6.35. The van der Waals surface area contributed by atoms with Crippen molar-refractivity contribution in [2.75, 3.05) is 60.7 Å². The minimum atomic E-state index is -0.646. The first kappa shape index (κ1) is 49.5.